The normalized spacial score (nSPS) is 11.0. The van der Waals surface area contributed by atoms with Gasteiger partial charge in [-0.1, -0.05) is 150 Å². The Kier molecular flexibility index (Phi) is 9.66. The molecule has 1 heterocycles. The first-order chi connectivity index (χ1) is 20.7. The van der Waals surface area contributed by atoms with Crippen LogP contribution in [0.15, 0.2) is 177 Å². The van der Waals surface area contributed by atoms with Gasteiger partial charge >= 0.3 is 0 Å². The number of hydrogen-bond acceptors (Lipinski definition) is 2. The van der Waals surface area contributed by atoms with Gasteiger partial charge in [-0.15, -0.1) is 12.6 Å². The second kappa shape index (κ2) is 14.2. The Labute approximate surface area is 252 Å². The van der Waals surface area contributed by atoms with Gasteiger partial charge in [0.2, 0.25) is 6.71 Å². The largest absolute Gasteiger partial charge is 0.497 e. The summed E-state index contributed by atoms with van der Waals surface area (Å²) in [6.45, 7) is 4.21. The minimum atomic E-state index is -0.858. The van der Waals surface area contributed by atoms with E-state index >= 15 is 0 Å². The van der Waals surface area contributed by atoms with E-state index in [-0.39, 0.29) is 5.16 Å². The average Bonchev–Trinajstić information content (AvgIpc) is 3.62. The molecule has 206 valence electrons. The molecule has 0 saturated carbocycles. The highest BCUT2D eigenvalue weighted by molar-refractivity contribution is 6.89. The third-order valence-electron chi connectivity index (χ3n) is 7.60. The molecule has 3 nitrogen and oxygen atoms in total. The standard InChI is InChI=1S/C23H22N2OSi.C14H13B/c1-26-21-13-8-14-22(17-21)27-23(25-16-15-24-18-25,19-9-4-2-5-10-19)20-11-6-3-7-12-20;1-2-15(13-9-5-3-6-10-13)14-11-7-4-8-12-14/h2-18H,27H2,1H3;2-12H,1H2. The van der Waals surface area contributed by atoms with Gasteiger partial charge in [-0.25, -0.2) is 4.98 Å². The van der Waals surface area contributed by atoms with Crippen molar-refractivity contribution in [3.8, 4) is 5.75 Å². The summed E-state index contributed by atoms with van der Waals surface area (Å²) in [5.74, 6) is 2.89. The Morgan fingerprint density at radius 1 is 0.714 bits per heavy atom. The number of rotatable bonds is 9. The van der Waals surface area contributed by atoms with Crippen LogP contribution in [0.3, 0.4) is 0 Å². The molecular formula is C37H35BN2OSi. The van der Waals surface area contributed by atoms with Gasteiger partial charge in [0.15, 0.2) is 0 Å². The molecule has 5 aromatic carbocycles. The number of hydrogen-bond donors (Lipinski definition) is 0. The molecular weight excluding hydrogens is 527 g/mol. The second-order valence-electron chi connectivity index (χ2n) is 10.1. The van der Waals surface area contributed by atoms with Gasteiger partial charge in [0.25, 0.3) is 0 Å². The molecule has 0 aliphatic heterocycles. The quantitative estimate of drug-likeness (QED) is 0.228. The smallest absolute Gasteiger partial charge is 0.233 e. The van der Waals surface area contributed by atoms with Crippen molar-refractivity contribution >= 4 is 32.3 Å². The Hall–Kier alpha value is -4.87. The molecule has 0 aliphatic carbocycles. The first-order valence-electron chi connectivity index (χ1n) is 14.2. The molecule has 1 aromatic heterocycles. The summed E-state index contributed by atoms with van der Waals surface area (Å²) in [7, 11) is 0.863. The van der Waals surface area contributed by atoms with Gasteiger partial charge in [0.1, 0.15) is 5.75 Å². The van der Waals surface area contributed by atoms with Crippen LogP contribution in [-0.4, -0.2) is 32.9 Å². The van der Waals surface area contributed by atoms with Crippen molar-refractivity contribution < 1.29 is 4.74 Å². The van der Waals surface area contributed by atoms with E-state index in [1.807, 2.05) is 36.7 Å². The third-order valence-corrected chi connectivity index (χ3v) is 10.1. The van der Waals surface area contributed by atoms with Crippen LogP contribution in [0.5, 0.6) is 5.75 Å². The lowest BCUT2D eigenvalue weighted by atomic mass is 9.41. The minimum absolute atomic E-state index is 0.259. The molecule has 0 radical (unpaired) electrons. The lowest BCUT2D eigenvalue weighted by Gasteiger charge is -2.37. The fraction of sp³-hybridized carbons (Fsp3) is 0.0541. The number of nitrogens with zero attached hydrogens (tertiary/aromatic N) is 2. The summed E-state index contributed by atoms with van der Waals surface area (Å²) in [5, 5.41) is 1.08. The lowest BCUT2D eigenvalue weighted by Crippen LogP contribution is -2.46. The van der Waals surface area contributed by atoms with Crippen LogP contribution in [0, 0.1) is 0 Å². The summed E-state index contributed by atoms with van der Waals surface area (Å²) < 4.78 is 7.74. The molecule has 0 fully saturated rings. The van der Waals surface area contributed by atoms with E-state index in [4.69, 9.17) is 4.74 Å². The lowest BCUT2D eigenvalue weighted by molar-refractivity contribution is 0.415. The molecule has 0 spiro atoms. The van der Waals surface area contributed by atoms with Gasteiger partial charge in [0, 0.05) is 12.4 Å². The monoisotopic (exact) mass is 562 g/mol. The first-order valence-corrected chi connectivity index (χ1v) is 15.6. The molecule has 0 atom stereocenters. The van der Waals surface area contributed by atoms with Crippen LogP contribution in [0.1, 0.15) is 11.1 Å². The zero-order valence-corrected chi connectivity index (χ0v) is 25.4. The van der Waals surface area contributed by atoms with Crippen molar-refractivity contribution in [3.05, 3.63) is 188 Å². The number of imidazole rings is 1. The Bertz CT molecular complexity index is 1570. The summed E-state index contributed by atoms with van der Waals surface area (Å²) in [4.78, 5) is 4.37. The van der Waals surface area contributed by atoms with Crippen molar-refractivity contribution in [1.82, 2.24) is 9.55 Å². The predicted molar refractivity (Wildman–Crippen MR) is 181 cm³/mol. The predicted octanol–water partition coefficient (Wildman–Crippen LogP) is 5.16. The van der Waals surface area contributed by atoms with Gasteiger partial charge in [0.05, 0.1) is 28.1 Å². The minimum Gasteiger partial charge on any atom is -0.497 e. The maximum atomic E-state index is 5.47. The Morgan fingerprint density at radius 2 is 1.24 bits per heavy atom. The molecule has 0 aliphatic rings. The highest BCUT2D eigenvalue weighted by atomic mass is 28.2. The van der Waals surface area contributed by atoms with Crippen LogP contribution in [0.25, 0.3) is 0 Å². The molecule has 0 N–H and O–H groups in total. The molecule has 42 heavy (non-hydrogen) atoms. The van der Waals surface area contributed by atoms with E-state index in [0.717, 1.165) is 5.75 Å². The van der Waals surface area contributed by atoms with Crippen LogP contribution >= 0.6 is 0 Å². The average molecular weight is 563 g/mol. The maximum absolute atomic E-state index is 5.47. The van der Waals surface area contributed by atoms with Crippen molar-refractivity contribution in [2.75, 3.05) is 7.11 Å². The van der Waals surface area contributed by atoms with Crippen molar-refractivity contribution in [2.24, 2.45) is 0 Å². The van der Waals surface area contributed by atoms with E-state index in [2.05, 4.69) is 150 Å². The summed E-state index contributed by atoms with van der Waals surface area (Å²) in [5.41, 5.74) is 5.14. The van der Waals surface area contributed by atoms with Gasteiger partial charge < -0.3 is 9.30 Å². The zero-order chi connectivity index (χ0) is 29.0. The van der Waals surface area contributed by atoms with Crippen LogP contribution in [0.2, 0.25) is 0 Å². The van der Waals surface area contributed by atoms with Crippen LogP contribution < -0.4 is 20.8 Å². The van der Waals surface area contributed by atoms with Crippen molar-refractivity contribution in [1.29, 1.82) is 0 Å². The van der Waals surface area contributed by atoms with E-state index in [1.54, 1.807) is 7.11 Å². The number of aromatic nitrogens is 2. The van der Waals surface area contributed by atoms with E-state index in [1.165, 1.54) is 27.2 Å². The molecule has 0 unspecified atom stereocenters. The van der Waals surface area contributed by atoms with Gasteiger partial charge in [-0.3, -0.25) is 0 Å². The van der Waals surface area contributed by atoms with Gasteiger partial charge in [-0.2, -0.15) is 0 Å². The molecule has 5 heteroatoms. The number of methoxy groups -OCH3 is 1. The molecule has 0 saturated heterocycles. The molecule has 0 bridgehead atoms. The highest BCUT2D eigenvalue weighted by Crippen LogP contribution is 2.33. The first kappa shape index (κ1) is 28.7. The molecule has 6 rings (SSSR count). The number of ether oxygens (including phenoxy) is 1. The van der Waals surface area contributed by atoms with Crippen LogP contribution in [0.4, 0.5) is 0 Å². The fourth-order valence-electron chi connectivity index (χ4n) is 5.54. The highest BCUT2D eigenvalue weighted by Gasteiger charge is 2.36. The van der Waals surface area contributed by atoms with Crippen LogP contribution in [-0.2, 0) is 5.16 Å². The summed E-state index contributed by atoms with van der Waals surface area (Å²) in [6.07, 6.45) is 5.88. The molecule has 6 aromatic rings. The van der Waals surface area contributed by atoms with Crippen molar-refractivity contribution in [2.45, 2.75) is 5.16 Å². The van der Waals surface area contributed by atoms with E-state index in [0.29, 0.717) is 6.71 Å². The van der Waals surface area contributed by atoms with E-state index < -0.39 is 9.52 Å². The SMILES string of the molecule is C=CB(c1ccccc1)c1ccccc1.COc1cccc([SiH2]C(c2ccccc2)(c2ccccc2)n2ccnc2)c1. The Morgan fingerprint density at radius 3 is 1.69 bits per heavy atom. The topological polar surface area (TPSA) is 27.1 Å². The summed E-state index contributed by atoms with van der Waals surface area (Å²) in [6, 6.07) is 50.8. The second-order valence-corrected chi connectivity index (χ2v) is 12.3. The van der Waals surface area contributed by atoms with Crippen molar-refractivity contribution in [3.63, 3.8) is 0 Å². The van der Waals surface area contributed by atoms with E-state index in [9.17, 15) is 0 Å². The Balaban J connectivity index is 0.000000199. The maximum Gasteiger partial charge on any atom is 0.233 e. The third kappa shape index (κ3) is 6.54. The number of benzene rings is 5. The van der Waals surface area contributed by atoms with Gasteiger partial charge in [-0.05, 0) is 23.3 Å². The zero-order valence-electron chi connectivity index (χ0n) is 24.0. The fourth-order valence-corrected chi connectivity index (χ4v) is 7.93. The molecule has 0 amide bonds. The summed E-state index contributed by atoms with van der Waals surface area (Å²) >= 11 is 0.